The second kappa shape index (κ2) is 5.26. The average Bonchev–Trinajstić information content (AvgIpc) is 2.78. The fourth-order valence-corrected chi connectivity index (χ4v) is 2.13. The smallest absolute Gasteiger partial charge is 0.168 e. The third kappa shape index (κ3) is 2.38. The average molecular weight is 258 g/mol. The highest BCUT2D eigenvalue weighted by atomic mass is 16.5. The molecule has 0 fully saturated rings. The van der Waals surface area contributed by atoms with E-state index in [1.165, 1.54) is 0 Å². The van der Waals surface area contributed by atoms with Crippen molar-refractivity contribution in [1.82, 2.24) is 9.55 Å². The fraction of sp³-hybridized carbons (Fsp3) is 0.333. The molecule has 1 aromatic carbocycles. The maximum atomic E-state index is 11.1. The monoisotopic (exact) mass is 258 g/mol. The minimum Gasteiger partial charge on any atom is -0.496 e. The number of methoxy groups -OCH3 is 1. The Morgan fingerprint density at radius 3 is 2.68 bits per heavy atom. The second-order valence-electron chi connectivity index (χ2n) is 4.82. The number of aldehydes is 1. The van der Waals surface area contributed by atoms with Gasteiger partial charge in [-0.1, -0.05) is 13.8 Å². The van der Waals surface area contributed by atoms with Crippen molar-refractivity contribution in [1.29, 1.82) is 0 Å². The molecule has 0 spiro atoms. The third-order valence-electron chi connectivity index (χ3n) is 3.22. The van der Waals surface area contributed by atoms with E-state index >= 15 is 0 Å². The van der Waals surface area contributed by atoms with Crippen molar-refractivity contribution in [2.45, 2.75) is 19.8 Å². The molecule has 19 heavy (non-hydrogen) atoms. The number of carbonyl (C=O) groups is 1. The highest BCUT2D eigenvalue weighted by Gasteiger charge is 2.14. The lowest BCUT2D eigenvalue weighted by atomic mass is 9.98. The van der Waals surface area contributed by atoms with E-state index in [0.717, 1.165) is 23.2 Å². The van der Waals surface area contributed by atoms with Crippen molar-refractivity contribution >= 4 is 6.29 Å². The molecule has 2 aromatic rings. The Morgan fingerprint density at radius 1 is 1.37 bits per heavy atom. The molecule has 0 saturated heterocycles. The van der Waals surface area contributed by atoms with E-state index in [2.05, 4.69) is 18.8 Å². The van der Waals surface area contributed by atoms with E-state index in [4.69, 9.17) is 4.74 Å². The molecule has 1 heterocycles. The minimum absolute atomic E-state index is 0.346. The van der Waals surface area contributed by atoms with Crippen molar-refractivity contribution < 1.29 is 9.53 Å². The fourth-order valence-electron chi connectivity index (χ4n) is 2.13. The lowest BCUT2D eigenvalue weighted by molar-refractivity contribution is 0.111. The molecule has 0 aliphatic heterocycles. The van der Waals surface area contributed by atoms with Crippen LogP contribution >= 0.6 is 0 Å². The molecule has 1 aromatic heterocycles. The molecule has 0 saturated carbocycles. The number of imidazole rings is 1. The van der Waals surface area contributed by atoms with Crippen LogP contribution in [0.5, 0.6) is 5.75 Å². The summed E-state index contributed by atoms with van der Waals surface area (Å²) in [6.07, 6.45) is 2.49. The highest BCUT2D eigenvalue weighted by Crippen LogP contribution is 2.31. The zero-order chi connectivity index (χ0) is 14.0. The molecule has 2 rings (SSSR count). The summed E-state index contributed by atoms with van der Waals surface area (Å²) in [5.74, 6) is 1.21. The van der Waals surface area contributed by atoms with Gasteiger partial charge in [0.25, 0.3) is 0 Å². The Hall–Kier alpha value is -2.10. The number of carbonyl (C=O) groups excluding carboxylic acids is 1. The van der Waals surface area contributed by atoms with Crippen molar-refractivity contribution in [3.8, 4) is 17.0 Å². The maximum absolute atomic E-state index is 11.1. The molecule has 0 bridgehead atoms. The first-order valence-electron chi connectivity index (χ1n) is 6.23. The van der Waals surface area contributed by atoms with Crippen LogP contribution in [0, 0.1) is 0 Å². The van der Waals surface area contributed by atoms with Gasteiger partial charge >= 0.3 is 0 Å². The van der Waals surface area contributed by atoms with Gasteiger partial charge in [-0.25, -0.2) is 4.98 Å². The van der Waals surface area contributed by atoms with E-state index in [1.54, 1.807) is 18.0 Å². The van der Waals surface area contributed by atoms with Crippen LogP contribution in [-0.4, -0.2) is 22.9 Å². The van der Waals surface area contributed by atoms with Crippen molar-refractivity contribution in [3.05, 3.63) is 35.8 Å². The van der Waals surface area contributed by atoms with Gasteiger partial charge in [0, 0.05) is 12.6 Å². The molecule has 0 aliphatic carbocycles. The maximum Gasteiger partial charge on any atom is 0.168 e. The number of aryl methyl sites for hydroxylation is 1. The molecule has 0 N–H and O–H groups in total. The molecule has 100 valence electrons. The summed E-state index contributed by atoms with van der Waals surface area (Å²) in [6, 6.07) is 5.90. The van der Waals surface area contributed by atoms with Crippen LogP contribution in [0.1, 0.15) is 35.8 Å². The number of aromatic nitrogens is 2. The zero-order valence-electron chi connectivity index (χ0n) is 11.7. The van der Waals surface area contributed by atoms with Crippen LogP contribution in [0.15, 0.2) is 24.5 Å². The van der Waals surface area contributed by atoms with Crippen LogP contribution in [0.3, 0.4) is 0 Å². The number of hydrogen-bond donors (Lipinski definition) is 0. The first kappa shape index (κ1) is 13.3. The third-order valence-corrected chi connectivity index (χ3v) is 3.22. The van der Waals surface area contributed by atoms with Gasteiger partial charge in [0.2, 0.25) is 0 Å². The van der Waals surface area contributed by atoms with E-state index in [9.17, 15) is 4.79 Å². The van der Waals surface area contributed by atoms with Crippen LogP contribution < -0.4 is 4.74 Å². The largest absolute Gasteiger partial charge is 0.496 e. The second-order valence-corrected chi connectivity index (χ2v) is 4.82. The lowest BCUT2D eigenvalue weighted by Crippen LogP contribution is -1.97. The number of ether oxygens (including phenoxy) is 1. The highest BCUT2D eigenvalue weighted by molar-refractivity contribution is 5.84. The Bertz CT molecular complexity index is 600. The van der Waals surface area contributed by atoms with E-state index in [1.807, 2.05) is 25.2 Å². The van der Waals surface area contributed by atoms with Gasteiger partial charge in [-0.15, -0.1) is 0 Å². The standard InChI is InChI=1S/C15H18N2O2/c1-10(2)12-7-11(5-6-14(12)19-4)15-13(8-18)17(3)9-16-15/h5-10H,1-4H3. The predicted molar refractivity (Wildman–Crippen MR) is 74.7 cm³/mol. The number of nitrogens with zero attached hydrogens (tertiary/aromatic N) is 2. The van der Waals surface area contributed by atoms with Gasteiger partial charge in [0.1, 0.15) is 11.4 Å². The first-order valence-corrected chi connectivity index (χ1v) is 6.23. The molecule has 0 radical (unpaired) electrons. The lowest BCUT2D eigenvalue weighted by Gasteiger charge is -2.13. The summed E-state index contributed by atoms with van der Waals surface area (Å²) in [4.78, 5) is 15.4. The Kier molecular flexibility index (Phi) is 3.69. The molecule has 0 unspecified atom stereocenters. The normalized spacial score (nSPS) is 10.8. The number of rotatable bonds is 4. The van der Waals surface area contributed by atoms with Gasteiger partial charge in [0.05, 0.1) is 19.1 Å². The summed E-state index contributed by atoms with van der Waals surface area (Å²) in [5, 5.41) is 0. The van der Waals surface area contributed by atoms with Gasteiger partial charge in [0.15, 0.2) is 6.29 Å². The molecule has 4 heteroatoms. The molecule has 0 aliphatic rings. The summed E-state index contributed by atoms with van der Waals surface area (Å²) in [7, 11) is 3.48. The Morgan fingerprint density at radius 2 is 2.11 bits per heavy atom. The Balaban J connectivity index is 2.57. The van der Waals surface area contributed by atoms with Crippen LogP contribution in [0.25, 0.3) is 11.3 Å². The van der Waals surface area contributed by atoms with Crippen molar-refractivity contribution in [3.63, 3.8) is 0 Å². The summed E-state index contributed by atoms with van der Waals surface area (Å²) in [6.45, 7) is 4.22. The number of hydrogen-bond acceptors (Lipinski definition) is 3. The van der Waals surface area contributed by atoms with Crippen LogP contribution in [-0.2, 0) is 7.05 Å². The summed E-state index contributed by atoms with van der Waals surface area (Å²) < 4.78 is 7.09. The predicted octanol–water partition coefficient (Wildman–Crippen LogP) is 3.03. The van der Waals surface area contributed by atoms with E-state index < -0.39 is 0 Å². The Labute approximate surface area is 113 Å². The molecular weight excluding hydrogens is 240 g/mol. The van der Waals surface area contributed by atoms with E-state index in [0.29, 0.717) is 17.3 Å². The van der Waals surface area contributed by atoms with E-state index in [-0.39, 0.29) is 0 Å². The SMILES string of the molecule is COc1ccc(-c2ncn(C)c2C=O)cc1C(C)C. The molecule has 4 nitrogen and oxygen atoms in total. The molecular formula is C15H18N2O2. The molecule has 0 amide bonds. The summed E-state index contributed by atoms with van der Waals surface area (Å²) in [5.41, 5.74) is 3.34. The topological polar surface area (TPSA) is 44.1 Å². The quantitative estimate of drug-likeness (QED) is 0.792. The van der Waals surface area contributed by atoms with Crippen LogP contribution in [0.4, 0.5) is 0 Å². The first-order chi connectivity index (χ1) is 9.08. The van der Waals surface area contributed by atoms with Gasteiger partial charge in [-0.3, -0.25) is 4.79 Å². The van der Waals surface area contributed by atoms with Crippen molar-refractivity contribution in [2.75, 3.05) is 7.11 Å². The van der Waals surface area contributed by atoms with Gasteiger partial charge in [-0.05, 0) is 29.7 Å². The minimum atomic E-state index is 0.346. The zero-order valence-corrected chi connectivity index (χ0v) is 11.7. The van der Waals surface area contributed by atoms with Crippen LogP contribution in [0.2, 0.25) is 0 Å². The van der Waals surface area contributed by atoms with Crippen molar-refractivity contribution in [2.24, 2.45) is 7.05 Å². The summed E-state index contributed by atoms with van der Waals surface area (Å²) >= 11 is 0. The number of benzene rings is 1. The van der Waals surface area contributed by atoms with Gasteiger partial charge in [-0.2, -0.15) is 0 Å². The molecule has 0 atom stereocenters. The van der Waals surface area contributed by atoms with Gasteiger partial charge < -0.3 is 9.30 Å².